The number of aliphatic carboxylic acids is 1. The van der Waals surface area contributed by atoms with Gasteiger partial charge in [0.05, 0.1) is 31.2 Å². The Morgan fingerprint density at radius 1 is 1.08 bits per heavy atom. The molecule has 246 valence electrons. The number of carboxylic acid groups (broad SMARTS) is 1. The maximum absolute atomic E-state index is 13.5. The highest BCUT2D eigenvalue weighted by Crippen LogP contribution is 2.57. The molecule has 3 aromatic carbocycles. The van der Waals surface area contributed by atoms with Crippen LogP contribution in [0.1, 0.15) is 41.9 Å². The van der Waals surface area contributed by atoms with Crippen molar-refractivity contribution in [3.8, 4) is 28.4 Å². The second-order valence-electron chi connectivity index (χ2n) is 12.4. The van der Waals surface area contributed by atoms with Gasteiger partial charge < -0.3 is 19.8 Å². The van der Waals surface area contributed by atoms with Gasteiger partial charge in [-0.3, -0.25) is 18.8 Å². The number of carbonyl (C=O) groups is 2. The summed E-state index contributed by atoms with van der Waals surface area (Å²) in [5, 5.41) is 24.7. The van der Waals surface area contributed by atoms with Gasteiger partial charge in [-0.2, -0.15) is 5.10 Å². The zero-order valence-corrected chi connectivity index (χ0v) is 27.0. The zero-order chi connectivity index (χ0) is 33.5. The molecule has 7 rings (SSSR count). The van der Waals surface area contributed by atoms with Gasteiger partial charge in [0, 0.05) is 41.0 Å². The molecule has 1 aliphatic carbocycles. The Morgan fingerprint density at radius 2 is 1.90 bits per heavy atom. The smallest absolute Gasteiger partial charge is 0.336 e. The monoisotopic (exact) mass is 667 g/mol. The highest BCUT2D eigenvalue weighted by Gasteiger charge is 2.47. The summed E-state index contributed by atoms with van der Waals surface area (Å²) in [4.78, 5) is 39.3. The van der Waals surface area contributed by atoms with Crippen LogP contribution in [0.3, 0.4) is 0 Å². The van der Waals surface area contributed by atoms with E-state index in [0.29, 0.717) is 48.5 Å². The van der Waals surface area contributed by atoms with Crippen LogP contribution in [0.5, 0.6) is 11.6 Å². The second kappa shape index (κ2) is 12.7. The third-order valence-electron chi connectivity index (χ3n) is 9.10. The molecule has 0 saturated heterocycles. The van der Waals surface area contributed by atoms with Crippen LogP contribution in [0.4, 0.5) is 5.69 Å². The number of rotatable bonds is 11. The number of halogens is 1. The lowest BCUT2D eigenvalue weighted by molar-refractivity contribution is -0.137. The molecule has 2 aliphatic rings. The molecule has 2 atom stereocenters. The summed E-state index contributed by atoms with van der Waals surface area (Å²) >= 11 is 6.21. The first-order valence-electron chi connectivity index (χ1n) is 15.8. The van der Waals surface area contributed by atoms with Crippen molar-refractivity contribution < 1.29 is 24.5 Å². The minimum absolute atomic E-state index is 0.0872. The topological polar surface area (TPSA) is 132 Å². The number of carboxylic acids is 1. The van der Waals surface area contributed by atoms with E-state index < -0.39 is 18.2 Å². The molecule has 0 bridgehead atoms. The van der Waals surface area contributed by atoms with Gasteiger partial charge >= 0.3 is 11.7 Å². The Morgan fingerprint density at radius 3 is 2.73 bits per heavy atom. The van der Waals surface area contributed by atoms with E-state index in [1.807, 2.05) is 65.3 Å². The summed E-state index contributed by atoms with van der Waals surface area (Å²) in [6.45, 7) is 2.92. The summed E-state index contributed by atoms with van der Waals surface area (Å²) in [6.07, 6.45) is 6.94. The van der Waals surface area contributed by atoms with E-state index in [-0.39, 0.29) is 11.8 Å². The molecule has 3 heterocycles. The Bertz CT molecular complexity index is 2100. The maximum Gasteiger partial charge on any atom is 0.336 e. The van der Waals surface area contributed by atoms with E-state index in [9.17, 15) is 19.5 Å². The molecule has 0 radical (unpaired) electrons. The molecule has 12 heteroatoms. The molecular weight excluding hydrogens is 634 g/mol. The molecular formula is C36H34ClN5O6. The highest BCUT2D eigenvalue weighted by atomic mass is 35.5. The van der Waals surface area contributed by atoms with Crippen molar-refractivity contribution in [3.63, 3.8) is 0 Å². The van der Waals surface area contributed by atoms with E-state index in [1.165, 1.54) is 5.56 Å². The molecule has 2 aromatic heterocycles. The predicted molar refractivity (Wildman–Crippen MR) is 180 cm³/mol. The molecule has 11 nitrogen and oxygen atoms in total. The number of anilines is 1. The van der Waals surface area contributed by atoms with Crippen LogP contribution in [0.15, 0.2) is 84.0 Å². The van der Waals surface area contributed by atoms with Gasteiger partial charge in [-0.25, -0.2) is 9.36 Å². The Kier molecular flexibility index (Phi) is 8.30. The number of amides is 1. The lowest BCUT2D eigenvalue weighted by Gasteiger charge is -2.30. The Hall–Kier alpha value is -5.29. The van der Waals surface area contributed by atoms with E-state index in [2.05, 4.69) is 11.2 Å². The lowest BCUT2D eigenvalue weighted by Crippen LogP contribution is -2.36. The van der Waals surface area contributed by atoms with Gasteiger partial charge in [0.2, 0.25) is 11.8 Å². The average Bonchev–Trinajstić information content (AvgIpc) is 3.62. The number of fused-ring (bicyclic) bond motifs is 3. The Labute approximate surface area is 281 Å². The third kappa shape index (κ3) is 6.09. The molecule has 0 unspecified atom stereocenters. The quantitative estimate of drug-likeness (QED) is 0.175. The van der Waals surface area contributed by atoms with Gasteiger partial charge in [-0.15, -0.1) is 0 Å². The lowest BCUT2D eigenvalue weighted by atomic mass is 9.92. The van der Waals surface area contributed by atoms with Gasteiger partial charge in [0.25, 0.3) is 0 Å². The van der Waals surface area contributed by atoms with E-state index >= 15 is 0 Å². The van der Waals surface area contributed by atoms with Crippen molar-refractivity contribution in [2.75, 3.05) is 18.1 Å². The second-order valence-corrected chi connectivity index (χ2v) is 12.8. The van der Waals surface area contributed by atoms with E-state index in [4.69, 9.17) is 21.4 Å². The summed E-state index contributed by atoms with van der Waals surface area (Å²) in [5.41, 5.74) is 5.67. The fourth-order valence-electron chi connectivity index (χ4n) is 6.64. The minimum Gasteiger partial charge on any atom is -0.493 e. The molecule has 1 fully saturated rings. The summed E-state index contributed by atoms with van der Waals surface area (Å²) in [7, 11) is 0. The van der Waals surface area contributed by atoms with Crippen molar-refractivity contribution >= 4 is 29.2 Å². The first kappa shape index (κ1) is 31.3. The first-order valence-corrected chi connectivity index (χ1v) is 16.2. The third-order valence-corrected chi connectivity index (χ3v) is 9.51. The van der Waals surface area contributed by atoms with Crippen LogP contribution in [-0.4, -0.2) is 54.2 Å². The molecule has 2 N–H and O–H groups in total. The normalized spacial score (nSPS) is 16.3. The summed E-state index contributed by atoms with van der Waals surface area (Å²) in [5.74, 6) is 0.147. The SMILES string of the molecule is Cc1c(Cl)cccc1OCCCC(=O)N1C[C@@H]2C[C@@H]2c2c(-c3cnn(Cc4cccc(-n5c(O)cn(CC(=O)O)c5=O)c4)c3)cccc21. The maximum atomic E-state index is 13.5. The number of nitrogens with zero attached hydrogens (tertiary/aromatic N) is 5. The standard InChI is InChI=1S/C36H34ClN5O6/c1-22-29(37)9-4-11-31(22)48-13-5-12-32(43)41-19-24-15-28(24)35-27(8-3-10-30(35)41)25-16-38-40(18-25)17-23-6-2-7-26(14-23)42-33(44)20-39(36(42)47)21-34(45)46/h2-4,6-11,14,16,18,20,24,28,44H,5,12-13,15,17,19,21H2,1H3,(H,45,46)/t24-,28-/m0/s1. The number of ether oxygens (including phenoxy) is 1. The van der Waals surface area contributed by atoms with Crippen molar-refractivity contribution in [1.29, 1.82) is 0 Å². The fourth-order valence-corrected chi connectivity index (χ4v) is 6.80. The summed E-state index contributed by atoms with van der Waals surface area (Å²) in [6, 6.07) is 18.8. The van der Waals surface area contributed by atoms with Gasteiger partial charge in [0.15, 0.2) is 0 Å². The van der Waals surface area contributed by atoms with Gasteiger partial charge in [-0.1, -0.05) is 41.9 Å². The van der Waals surface area contributed by atoms with Crippen LogP contribution in [0, 0.1) is 12.8 Å². The molecule has 1 saturated carbocycles. The number of carbonyl (C=O) groups excluding carboxylic acids is 1. The molecule has 48 heavy (non-hydrogen) atoms. The van der Waals surface area contributed by atoms with Gasteiger partial charge in [0.1, 0.15) is 12.3 Å². The summed E-state index contributed by atoms with van der Waals surface area (Å²) < 4.78 is 9.75. The zero-order valence-electron chi connectivity index (χ0n) is 26.3. The predicted octanol–water partition coefficient (Wildman–Crippen LogP) is 5.61. The van der Waals surface area contributed by atoms with Crippen molar-refractivity contribution in [2.45, 2.75) is 45.2 Å². The largest absolute Gasteiger partial charge is 0.493 e. The van der Waals surface area contributed by atoms with Crippen molar-refractivity contribution in [2.24, 2.45) is 5.92 Å². The first-order chi connectivity index (χ1) is 23.2. The average molecular weight is 668 g/mol. The number of hydrogen-bond donors (Lipinski definition) is 2. The van der Waals surface area contributed by atoms with E-state index in [1.54, 1.807) is 18.2 Å². The number of hydrogen-bond acceptors (Lipinski definition) is 6. The number of aromatic hydroxyl groups is 1. The van der Waals surface area contributed by atoms with Crippen LogP contribution in [-0.2, 0) is 22.7 Å². The molecule has 5 aromatic rings. The van der Waals surface area contributed by atoms with Crippen LogP contribution in [0.2, 0.25) is 5.02 Å². The number of imidazole rings is 1. The molecule has 1 aliphatic heterocycles. The van der Waals surface area contributed by atoms with Crippen molar-refractivity contribution in [1.82, 2.24) is 18.9 Å². The molecule has 1 amide bonds. The van der Waals surface area contributed by atoms with Crippen LogP contribution < -0.4 is 15.3 Å². The minimum atomic E-state index is -1.18. The van der Waals surface area contributed by atoms with E-state index in [0.717, 1.165) is 62.0 Å². The van der Waals surface area contributed by atoms with Crippen LogP contribution in [0.25, 0.3) is 16.8 Å². The number of aromatic nitrogens is 4. The van der Waals surface area contributed by atoms with Crippen molar-refractivity contribution in [3.05, 3.63) is 111 Å². The Balaban J connectivity index is 1.06. The van der Waals surface area contributed by atoms with Crippen LogP contribution >= 0.6 is 11.6 Å². The van der Waals surface area contributed by atoms with Gasteiger partial charge in [-0.05, 0) is 78.6 Å². The molecule has 0 spiro atoms. The number of benzene rings is 3. The fraction of sp³-hybridized carbons (Fsp3) is 0.278. The highest BCUT2D eigenvalue weighted by molar-refractivity contribution is 6.31.